The summed E-state index contributed by atoms with van der Waals surface area (Å²) >= 11 is 0. The van der Waals surface area contributed by atoms with E-state index in [1.165, 1.54) is 0 Å². The number of ether oxygens (including phenoxy) is 2. The summed E-state index contributed by atoms with van der Waals surface area (Å²) in [5, 5.41) is 2.75. The number of amides is 1. The van der Waals surface area contributed by atoms with E-state index < -0.39 is 5.91 Å². The van der Waals surface area contributed by atoms with Crippen LogP contribution in [0.4, 0.5) is 5.69 Å². The highest BCUT2D eigenvalue weighted by atomic mass is 16.5. The lowest BCUT2D eigenvalue weighted by Crippen LogP contribution is -2.25. The van der Waals surface area contributed by atoms with Gasteiger partial charge in [-0.2, -0.15) is 4.98 Å². The number of carbonyl (C=O) groups excluding carboxylic acids is 1. The Labute approximate surface area is 185 Å². The smallest absolute Gasteiger partial charge is 0.274 e. The van der Waals surface area contributed by atoms with E-state index in [4.69, 9.17) is 9.47 Å². The maximum absolute atomic E-state index is 13.2. The van der Waals surface area contributed by atoms with Crippen molar-refractivity contribution in [2.24, 2.45) is 0 Å². The number of hydrogen-bond acceptors (Lipinski definition) is 6. The number of imidazole rings is 1. The summed E-state index contributed by atoms with van der Waals surface area (Å²) in [6, 6.07) is 3.62. The molecule has 1 amide bonds. The van der Waals surface area contributed by atoms with Crippen LogP contribution in [0.5, 0.6) is 5.88 Å². The molecule has 9 nitrogen and oxygen atoms in total. The van der Waals surface area contributed by atoms with E-state index >= 15 is 0 Å². The number of nitrogens with zero attached hydrogens (tertiary/aromatic N) is 4. The molecule has 3 aromatic heterocycles. The average Bonchev–Trinajstić information content (AvgIpc) is 3.53. The van der Waals surface area contributed by atoms with Crippen LogP contribution in [0.2, 0.25) is 0 Å². The lowest BCUT2D eigenvalue weighted by atomic mass is 9.99. The van der Waals surface area contributed by atoms with Crippen LogP contribution < -0.4 is 15.6 Å². The zero-order valence-electron chi connectivity index (χ0n) is 18.3. The van der Waals surface area contributed by atoms with Crippen LogP contribution in [0.15, 0.2) is 35.5 Å². The minimum absolute atomic E-state index is 0.179. The van der Waals surface area contributed by atoms with Crippen LogP contribution in [0.3, 0.4) is 0 Å². The van der Waals surface area contributed by atoms with Gasteiger partial charge >= 0.3 is 0 Å². The summed E-state index contributed by atoms with van der Waals surface area (Å²) in [6.45, 7) is 5.15. The molecule has 32 heavy (non-hydrogen) atoms. The van der Waals surface area contributed by atoms with Crippen LogP contribution in [-0.4, -0.2) is 44.2 Å². The van der Waals surface area contributed by atoms with Crippen molar-refractivity contribution in [2.45, 2.75) is 57.6 Å². The molecular weight excluding hydrogens is 410 g/mol. The second-order valence-corrected chi connectivity index (χ2v) is 8.73. The fourth-order valence-electron chi connectivity index (χ4n) is 4.00. The van der Waals surface area contributed by atoms with Gasteiger partial charge in [0.15, 0.2) is 0 Å². The van der Waals surface area contributed by atoms with Gasteiger partial charge in [0.1, 0.15) is 11.3 Å². The predicted molar refractivity (Wildman–Crippen MR) is 118 cm³/mol. The summed E-state index contributed by atoms with van der Waals surface area (Å²) in [4.78, 5) is 35.1. The topological polar surface area (TPSA) is 99.8 Å². The number of fused-ring (bicyclic) bond motifs is 1. The third kappa shape index (κ3) is 4.12. The molecule has 0 unspecified atom stereocenters. The first kappa shape index (κ1) is 20.7. The van der Waals surface area contributed by atoms with Gasteiger partial charge in [0.05, 0.1) is 18.4 Å². The summed E-state index contributed by atoms with van der Waals surface area (Å²) in [7, 11) is 0. The Morgan fingerprint density at radius 3 is 2.81 bits per heavy atom. The molecule has 2 aliphatic rings. The molecule has 9 heteroatoms. The monoisotopic (exact) mass is 437 g/mol. The van der Waals surface area contributed by atoms with E-state index in [1.807, 2.05) is 20.0 Å². The summed E-state index contributed by atoms with van der Waals surface area (Å²) in [5.74, 6) is 0.424. The fourth-order valence-corrected chi connectivity index (χ4v) is 4.00. The summed E-state index contributed by atoms with van der Waals surface area (Å²) in [6.07, 6.45) is 9.11. The van der Waals surface area contributed by atoms with Crippen molar-refractivity contribution >= 4 is 17.4 Å². The van der Waals surface area contributed by atoms with Gasteiger partial charge in [-0.15, -0.1) is 0 Å². The number of anilines is 1. The summed E-state index contributed by atoms with van der Waals surface area (Å²) < 4.78 is 14.8. The molecule has 1 aliphatic heterocycles. The molecule has 168 valence electrons. The molecule has 1 aliphatic carbocycles. The molecule has 0 spiro atoms. The van der Waals surface area contributed by atoms with E-state index in [9.17, 15) is 9.59 Å². The van der Waals surface area contributed by atoms with Crippen LogP contribution >= 0.6 is 0 Å². The van der Waals surface area contributed by atoms with E-state index in [2.05, 4.69) is 15.3 Å². The van der Waals surface area contributed by atoms with Crippen molar-refractivity contribution in [1.82, 2.24) is 18.9 Å². The SMILES string of the molecule is CC(C)Oc1nc2nc([C@H]3CCCOC3)cn2cc1C(=O)Nc1cccn(C2CC2)c1=O. The Bertz CT molecular complexity index is 1200. The van der Waals surface area contributed by atoms with Crippen molar-refractivity contribution in [3.63, 3.8) is 0 Å². The number of pyridine rings is 1. The molecule has 1 saturated carbocycles. The standard InChI is InChI=1S/C23H27N5O4/c1-14(2)32-21-17(20(29)24-18-6-3-9-28(22(18)30)16-7-8-16)11-27-12-19(25-23(27)26-21)15-5-4-10-31-13-15/h3,6,9,11-12,14-16H,4-5,7-8,10,13H2,1-2H3,(H,24,29)/t15-/m0/s1. The van der Waals surface area contributed by atoms with Crippen LogP contribution in [-0.2, 0) is 4.74 Å². The van der Waals surface area contributed by atoms with Crippen molar-refractivity contribution in [1.29, 1.82) is 0 Å². The predicted octanol–water partition coefficient (Wildman–Crippen LogP) is 3.16. The molecule has 5 rings (SSSR count). The molecule has 0 bridgehead atoms. The minimum Gasteiger partial charge on any atom is -0.474 e. The third-order valence-corrected chi connectivity index (χ3v) is 5.77. The second-order valence-electron chi connectivity index (χ2n) is 8.73. The maximum atomic E-state index is 13.2. The Kier molecular flexibility index (Phi) is 5.42. The summed E-state index contributed by atoms with van der Waals surface area (Å²) in [5.41, 5.74) is 1.17. The first-order chi connectivity index (χ1) is 15.5. The fraction of sp³-hybridized carbons (Fsp3) is 0.478. The second kappa shape index (κ2) is 8.38. The number of rotatable bonds is 6. The van der Waals surface area contributed by atoms with Gasteiger partial charge in [-0.05, 0) is 51.7 Å². The minimum atomic E-state index is -0.447. The van der Waals surface area contributed by atoms with Gasteiger partial charge < -0.3 is 19.4 Å². The molecule has 3 aromatic rings. The number of carbonyl (C=O) groups is 1. The normalized spacial score (nSPS) is 18.8. The highest BCUT2D eigenvalue weighted by Crippen LogP contribution is 2.33. The van der Waals surface area contributed by atoms with Gasteiger partial charge in [-0.25, -0.2) is 4.98 Å². The van der Waals surface area contributed by atoms with Crippen molar-refractivity contribution in [2.75, 3.05) is 18.5 Å². The molecule has 0 aromatic carbocycles. The highest BCUT2D eigenvalue weighted by molar-refractivity contribution is 6.05. The lowest BCUT2D eigenvalue weighted by Gasteiger charge is -2.19. The largest absolute Gasteiger partial charge is 0.474 e. The van der Waals surface area contributed by atoms with Crippen molar-refractivity contribution < 1.29 is 14.3 Å². The van der Waals surface area contributed by atoms with Crippen molar-refractivity contribution in [3.8, 4) is 5.88 Å². The van der Waals surface area contributed by atoms with E-state index in [0.717, 1.165) is 38.0 Å². The van der Waals surface area contributed by atoms with Crippen LogP contribution in [0.25, 0.3) is 5.78 Å². The van der Waals surface area contributed by atoms with E-state index in [-0.39, 0.29) is 40.8 Å². The zero-order valence-corrected chi connectivity index (χ0v) is 18.3. The molecule has 2 fully saturated rings. The van der Waals surface area contributed by atoms with Gasteiger partial charge in [-0.1, -0.05) is 0 Å². The third-order valence-electron chi connectivity index (χ3n) is 5.77. The van der Waals surface area contributed by atoms with E-state index in [1.54, 1.807) is 33.5 Å². The quantitative estimate of drug-likeness (QED) is 0.636. The number of aromatic nitrogens is 4. The molecule has 1 N–H and O–H groups in total. The van der Waals surface area contributed by atoms with Crippen LogP contribution in [0, 0.1) is 0 Å². The van der Waals surface area contributed by atoms with Gasteiger partial charge in [0, 0.05) is 37.2 Å². The maximum Gasteiger partial charge on any atom is 0.274 e. The lowest BCUT2D eigenvalue weighted by molar-refractivity contribution is 0.0794. The Balaban J connectivity index is 1.49. The Hall–Kier alpha value is -3.20. The number of hydrogen-bond donors (Lipinski definition) is 1. The molecule has 4 heterocycles. The van der Waals surface area contributed by atoms with Crippen molar-refractivity contribution in [3.05, 3.63) is 52.3 Å². The molecule has 1 atom stereocenters. The molecule has 1 saturated heterocycles. The zero-order chi connectivity index (χ0) is 22.2. The molecular formula is C23H27N5O4. The van der Waals surface area contributed by atoms with Gasteiger partial charge in [0.25, 0.3) is 11.5 Å². The first-order valence-electron chi connectivity index (χ1n) is 11.2. The number of nitrogens with one attached hydrogen (secondary N) is 1. The van der Waals surface area contributed by atoms with E-state index in [0.29, 0.717) is 12.4 Å². The van der Waals surface area contributed by atoms with Crippen LogP contribution in [0.1, 0.15) is 67.5 Å². The first-order valence-corrected chi connectivity index (χ1v) is 11.2. The van der Waals surface area contributed by atoms with Gasteiger partial charge in [-0.3, -0.25) is 14.0 Å². The highest BCUT2D eigenvalue weighted by Gasteiger charge is 2.26. The molecule has 0 radical (unpaired) electrons. The average molecular weight is 438 g/mol. The Morgan fingerprint density at radius 2 is 2.09 bits per heavy atom. The Morgan fingerprint density at radius 1 is 1.25 bits per heavy atom. The van der Waals surface area contributed by atoms with Gasteiger partial charge in [0.2, 0.25) is 11.7 Å².